The molecule has 0 bridgehead atoms. The maximum atomic E-state index is 8.88. The lowest BCUT2D eigenvalue weighted by atomic mass is 10.6. The number of hydroxylamine groups is 3. The highest BCUT2D eigenvalue weighted by Crippen LogP contribution is 1.85. The SMILES string of the molecule is C=CC[N+](C)(C)O. The molecule has 1 N–H and O–H groups in total. The van der Waals surface area contributed by atoms with Gasteiger partial charge in [-0.05, 0) is 6.08 Å². The average Bonchev–Trinajstić information content (AvgIpc) is 1.30. The highest BCUT2D eigenvalue weighted by Gasteiger charge is 2.03. The molecule has 0 aliphatic carbocycles. The van der Waals surface area contributed by atoms with E-state index in [1.807, 2.05) is 0 Å². The lowest BCUT2D eigenvalue weighted by Crippen LogP contribution is -2.34. The van der Waals surface area contributed by atoms with Crippen molar-refractivity contribution in [1.29, 1.82) is 0 Å². The van der Waals surface area contributed by atoms with Crippen LogP contribution in [0.5, 0.6) is 0 Å². The molecule has 0 aliphatic rings. The lowest BCUT2D eigenvalue weighted by Gasteiger charge is -2.16. The highest BCUT2D eigenvalue weighted by atomic mass is 16.5. The molecule has 0 aliphatic heterocycles. The lowest BCUT2D eigenvalue weighted by molar-refractivity contribution is -1.07. The molecule has 0 aromatic heterocycles. The van der Waals surface area contributed by atoms with Crippen molar-refractivity contribution in [3.63, 3.8) is 0 Å². The van der Waals surface area contributed by atoms with Crippen LogP contribution < -0.4 is 0 Å². The van der Waals surface area contributed by atoms with Crippen LogP contribution in [0, 0.1) is 0 Å². The largest absolute Gasteiger partial charge is 0.217 e. The molecule has 0 fully saturated rings. The number of nitrogens with zero attached hydrogens (tertiary/aromatic N) is 1. The fourth-order valence-electron chi connectivity index (χ4n) is 0.316. The van der Waals surface area contributed by atoms with Crippen molar-refractivity contribution in [2.24, 2.45) is 0 Å². The van der Waals surface area contributed by atoms with Gasteiger partial charge in [0.15, 0.2) is 0 Å². The molecule has 0 saturated carbocycles. The van der Waals surface area contributed by atoms with E-state index in [9.17, 15) is 0 Å². The first-order valence-corrected chi connectivity index (χ1v) is 2.23. The first kappa shape index (κ1) is 6.66. The Bertz CT molecular complexity index is 63.0. The number of rotatable bonds is 2. The third kappa shape index (κ3) is 5.66. The van der Waals surface area contributed by atoms with E-state index in [2.05, 4.69) is 6.58 Å². The van der Waals surface area contributed by atoms with E-state index in [4.69, 9.17) is 5.21 Å². The van der Waals surface area contributed by atoms with Gasteiger partial charge in [-0.25, -0.2) is 5.21 Å². The highest BCUT2D eigenvalue weighted by molar-refractivity contribution is 4.62. The maximum Gasteiger partial charge on any atom is 0.126 e. The van der Waals surface area contributed by atoms with Crippen LogP contribution in [0.2, 0.25) is 0 Å². The summed E-state index contributed by atoms with van der Waals surface area (Å²) in [6, 6.07) is 0. The molecule has 0 radical (unpaired) electrons. The van der Waals surface area contributed by atoms with Gasteiger partial charge in [0.05, 0.1) is 14.1 Å². The van der Waals surface area contributed by atoms with Crippen LogP contribution in [0.15, 0.2) is 12.7 Å². The summed E-state index contributed by atoms with van der Waals surface area (Å²) >= 11 is 0. The smallest absolute Gasteiger partial charge is 0.126 e. The zero-order valence-corrected chi connectivity index (χ0v) is 4.89. The second kappa shape index (κ2) is 2.09. The molecule has 0 spiro atoms. The van der Waals surface area contributed by atoms with Gasteiger partial charge in [-0.15, -0.1) is 0 Å². The third-order valence-corrected chi connectivity index (χ3v) is 0.576. The van der Waals surface area contributed by atoms with Crippen molar-refractivity contribution < 1.29 is 9.85 Å². The van der Waals surface area contributed by atoms with Crippen molar-refractivity contribution in [3.05, 3.63) is 12.7 Å². The van der Waals surface area contributed by atoms with Gasteiger partial charge in [0.25, 0.3) is 0 Å². The van der Waals surface area contributed by atoms with Crippen LogP contribution in [0.25, 0.3) is 0 Å². The topological polar surface area (TPSA) is 20.2 Å². The zero-order valence-electron chi connectivity index (χ0n) is 4.89. The van der Waals surface area contributed by atoms with E-state index in [1.165, 1.54) is 0 Å². The fraction of sp³-hybridized carbons (Fsp3) is 0.600. The second-order valence-corrected chi connectivity index (χ2v) is 2.09. The van der Waals surface area contributed by atoms with E-state index in [0.29, 0.717) is 6.54 Å². The van der Waals surface area contributed by atoms with Gasteiger partial charge in [-0.2, -0.15) is 4.65 Å². The number of hydrogen-bond acceptors (Lipinski definition) is 1. The quantitative estimate of drug-likeness (QED) is 0.308. The molecular weight excluding hydrogens is 90.1 g/mol. The molecule has 0 heterocycles. The summed E-state index contributed by atoms with van der Waals surface area (Å²) in [5.74, 6) is 0. The molecule has 0 atom stereocenters. The maximum absolute atomic E-state index is 8.88. The van der Waals surface area contributed by atoms with E-state index in [-0.39, 0.29) is 4.65 Å². The van der Waals surface area contributed by atoms with Crippen LogP contribution >= 0.6 is 0 Å². The minimum atomic E-state index is -0.0243. The predicted molar refractivity (Wildman–Crippen MR) is 29.0 cm³/mol. The van der Waals surface area contributed by atoms with E-state index in [1.54, 1.807) is 20.2 Å². The zero-order chi connectivity index (χ0) is 5.91. The van der Waals surface area contributed by atoms with Gasteiger partial charge < -0.3 is 0 Å². The Labute approximate surface area is 44.2 Å². The summed E-state index contributed by atoms with van der Waals surface area (Å²) in [6.45, 7) is 4.07. The summed E-state index contributed by atoms with van der Waals surface area (Å²) in [4.78, 5) is 0. The first-order valence-electron chi connectivity index (χ1n) is 2.23. The van der Waals surface area contributed by atoms with Crippen molar-refractivity contribution >= 4 is 0 Å². The van der Waals surface area contributed by atoms with Crippen LogP contribution in [0.1, 0.15) is 0 Å². The molecule has 0 rings (SSSR count). The molecule has 2 heteroatoms. The van der Waals surface area contributed by atoms with E-state index < -0.39 is 0 Å². The molecule has 0 saturated heterocycles. The van der Waals surface area contributed by atoms with E-state index in [0.717, 1.165) is 0 Å². The van der Waals surface area contributed by atoms with Crippen LogP contribution in [0.4, 0.5) is 0 Å². The Kier molecular flexibility index (Phi) is 1.99. The van der Waals surface area contributed by atoms with Gasteiger partial charge >= 0.3 is 0 Å². The normalized spacial score (nSPS) is 11.3. The fourth-order valence-corrected chi connectivity index (χ4v) is 0.316. The Morgan fingerprint density at radius 1 is 1.71 bits per heavy atom. The van der Waals surface area contributed by atoms with Crippen LogP contribution in [0.3, 0.4) is 0 Å². The van der Waals surface area contributed by atoms with Crippen LogP contribution in [-0.2, 0) is 0 Å². The predicted octanol–water partition coefficient (Wildman–Crippen LogP) is 0.638. The molecule has 0 aromatic carbocycles. The Balaban J connectivity index is 3.34. The second-order valence-electron chi connectivity index (χ2n) is 2.09. The Hall–Kier alpha value is -0.340. The minimum absolute atomic E-state index is 0.0243. The van der Waals surface area contributed by atoms with Gasteiger partial charge in [0, 0.05) is 0 Å². The van der Waals surface area contributed by atoms with Gasteiger partial charge in [-0.3, -0.25) is 0 Å². The van der Waals surface area contributed by atoms with Crippen molar-refractivity contribution in [3.8, 4) is 0 Å². The standard InChI is InChI=1S/C5H12NO/c1-4-5-6(2,3)7/h4,7H,1,5H2,2-3H3/q+1. The minimum Gasteiger partial charge on any atom is -0.217 e. The molecule has 0 amide bonds. The molecule has 2 nitrogen and oxygen atoms in total. The van der Waals surface area contributed by atoms with Crippen molar-refractivity contribution in [2.75, 3.05) is 20.6 Å². The van der Waals surface area contributed by atoms with Crippen LogP contribution in [-0.4, -0.2) is 30.5 Å². The van der Waals surface area contributed by atoms with Gasteiger partial charge in [-0.1, -0.05) is 6.58 Å². The molecule has 42 valence electrons. The number of quaternary nitrogens is 1. The molecule has 0 aromatic rings. The van der Waals surface area contributed by atoms with E-state index >= 15 is 0 Å². The van der Waals surface area contributed by atoms with Crippen molar-refractivity contribution in [2.45, 2.75) is 0 Å². The van der Waals surface area contributed by atoms with Gasteiger partial charge in [0.1, 0.15) is 6.54 Å². The average molecular weight is 102 g/mol. The number of likely N-dealkylation sites (N-methyl/N-ethyl adjacent to an activating group) is 1. The van der Waals surface area contributed by atoms with Crippen molar-refractivity contribution in [1.82, 2.24) is 0 Å². The monoisotopic (exact) mass is 102 g/mol. The summed E-state index contributed by atoms with van der Waals surface area (Å²) in [5, 5.41) is 8.88. The first-order chi connectivity index (χ1) is 3.06. The molecule has 7 heavy (non-hydrogen) atoms. The summed E-state index contributed by atoms with van der Waals surface area (Å²) in [5.41, 5.74) is 0. The third-order valence-electron chi connectivity index (χ3n) is 0.576. The molecule has 0 unspecified atom stereocenters. The molecular formula is C5H12NO+. The number of hydrogen-bond donors (Lipinski definition) is 1. The Morgan fingerprint density at radius 2 is 2.14 bits per heavy atom. The Morgan fingerprint density at radius 3 is 2.14 bits per heavy atom. The summed E-state index contributed by atoms with van der Waals surface area (Å²) in [7, 11) is 3.39. The van der Waals surface area contributed by atoms with Gasteiger partial charge in [0.2, 0.25) is 0 Å². The summed E-state index contributed by atoms with van der Waals surface area (Å²) < 4.78 is -0.0243. The summed E-state index contributed by atoms with van der Waals surface area (Å²) in [6.07, 6.45) is 1.68.